The number of aromatic nitrogens is 4. The molecule has 0 spiro atoms. The molecule has 3 aromatic rings. The molecular weight excluding hydrogens is 352 g/mol. The largest absolute Gasteiger partial charge is 0.352 e. The highest BCUT2D eigenvalue weighted by atomic mass is 16.2. The lowest BCUT2D eigenvalue weighted by Gasteiger charge is -2.17. The number of para-hydroxylation sites is 1. The van der Waals surface area contributed by atoms with Crippen molar-refractivity contribution < 1.29 is 4.79 Å². The number of amides is 1. The van der Waals surface area contributed by atoms with Crippen molar-refractivity contribution in [1.29, 1.82) is 0 Å². The van der Waals surface area contributed by atoms with Gasteiger partial charge >= 0.3 is 0 Å². The van der Waals surface area contributed by atoms with Gasteiger partial charge in [-0.3, -0.25) is 9.69 Å². The van der Waals surface area contributed by atoms with Gasteiger partial charge in [-0.25, -0.2) is 0 Å². The number of nitrogens with zero attached hydrogens (tertiary/aromatic N) is 5. The fraction of sp³-hybridized carbons (Fsp3) is 0.476. The molecule has 28 heavy (non-hydrogen) atoms. The molecule has 1 N–H and O–H groups in total. The van der Waals surface area contributed by atoms with Gasteiger partial charge in [0.25, 0.3) is 0 Å². The minimum atomic E-state index is 0.0284. The zero-order chi connectivity index (χ0) is 20.3. The predicted molar refractivity (Wildman–Crippen MR) is 111 cm³/mol. The molecule has 0 radical (unpaired) electrons. The van der Waals surface area contributed by atoms with E-state index in [1.165, 1.54) is 10.9 Å². The Labute approximate surface area is 166 Å². The number of nitrogens with one attached hydrogen (secondary N) is 1. The molecule has 0 aliphatic heterocycles. The van der Waals surface area contributed by atoms with Gasteiger partial charge in [0.1, 0.15) is 18.7 Å². The van der Waals surface area contributed by atoms with Crippen LogP contribution in [0.5, 0.6) is 0 Å². The van der Waals surface area contributed by atoms with Crippen molar-refractivity contribution in [2.24, 2.45) is 0 Å². The second kappa shape index (κ2) is 8.56. The van der Waals surface area contributed by atoms with Crippen LogP contribution in [-0.4, -0.2) is 43.2 Å². The number of carbonyl (C=O) groups is 1. The van der Waals surface area contributed by atoms with E-state index in [2.05, 4.69) is 64.2 Å². The minimum Gasteiger partial charge on any atom is -0.352 e. The Balaban J connectivity index is 1.79. The summed E-state index contributed by atoms with van der Waals surface area (Å²) in [7, 11) is 2.08. The topological polar surface area (TPSA) is 68.0 Å². The second-order valence-electron chi connectivity index (χ2n) is 7.94. The maximum Gasteiger partial charge on any atom is 0.240 e. The number of hydrogen-bond acceptors (Lipinski definition) is 4. The Morgan fingerprint density at radius 3 is 2.64 bits per heavy atom. The van der Waals surface area contributed by atoms with Crippen LogP contribution in [0.2, 0.25) is 0 Å². The van der Waals surface area contributed by atoms with E-state index in [0.29, 0.717) is 19.1 Å². The first-order chi connectivity index (χ1) is 13.3. The van der Waals surface area contributed by atoms with Gasteiger partial charge in [0, 0.05) is 35.7 Å². The smallest absolute Gasteiger partial charge is 0.240 e. The van der Waals surface area contributed by atoms with Gasteiger partial charge in [0.2, 0.25) is 5.91 Å². The average molecular weight is 383 g/mol. The Hall–Kier alpha value is -2.67. The van der Waals surface area contributed by atoms with E-state index >= 15 is 0 Å². The molecule has 2 heterocycles. The third-order valence-corrected chi connectivity index (χ3v) is 4.69. The van der Waals surface area contributed by atoms with Crippen LogP contribution in [0.3, 0.4) is 0 Å². The Bertz CT molecular complexity index is 939. The summed E-state index contributed by atoms with van der Waals surface area (Å²) in [4.78, 5) is 14.5. The lowest BCUT2D eigenvalue weighted by Crippen LogP contribution is -2.32. The summed E-state index contributed by atoms with van der Waals surface area (Å²) in [6.45, 7) is 10.0. The van der Waals surface area contributed by atoms with Crippen LogP contribution < -0.4 is 5.32 Å². The summed E-state index contributed by atoms with van der Waals surface area (Å²) in [5.41, 5.74) is 2.28. The summed E-state index contributed by atoms with van der Waals surface area (Å²) in [5, 5.41) is 12.5. The summed E-state index contributed by atoms with van der Waals surface area (Å²) >= 11 is 0. The van der Waals surface area contributed by atoms with Gasteiger partial charge in [-0.1, -0.05) is 18.2 Å². The van der Waals surface area contributed by atoms with Gasteiger partial charge in [-0.2, -0.15) is 0 Å². The van der Waals surface area contributed by atoms with E-state index in [0.717, 1.165) is 17.9 Å². The molecule has 150 valence electrons. The number of fused-ring (bicyclic) bond motifs is 1. The highest BCUT2D eigenvalue weighted by Gasteiger charge is 2.15. The van der Waals surface area contributed by atoms with Gasteiger partial charge in [-0.05, 0) is 46.4 Å². The lowest BCUT2D eigenvalue weighted by atomic mass is 10.1. The van der Waals surface area contributed by atoms with Gasteiger partial charge in [0.05, 0.1) is 6.54 Å². The molecule has 1 amide bonds. The normalized spacial score (nSPS) is 11.9. The Morgan fingerprint density at radius 2 is 1.93 bits per heavy atom. The summed E-state index contributed by atoms with van der Waals surface area (Å²) in [6, 6.07) is 8.71. The van der Waals surface area contributed by atoms with E-state index < -0.39 is 0 Å². The summed E-state index contributed by atoms with van der Waals surface area (Å²) in [5.74, 6) is 0.984. The molecule has 0 aliphatic rings. The molecule has 0 atom stereocenters. The summed E-state index contributed by atoms with van der Waals surface area (Å²) in [6.07, 6.45) is 3.88. The fourth-order valence-electron chi connectivity index (χ4n) is 3.50. The SMILES string of the molecule is CC(C)NC(=O)Cn1cc(CN(C)Cc2nncn2C(C)C)c2ccccc21. The number of hydrogen-bond donors (Lipinski definition) is 1. The van der Waals surface area contributed by atoms with Crippen molar-refractivity contribution in [3.63, 3.8) is 0 Å². The number of rotatable bonds is 8. The molecule has 0 unspecified atom stereocenters. The second-order valence-corrected chi connectivity index (χ2v) is 7.94. The molecule has 0 saturated heterocycles. The minimum absolute atomic E-state index is 0.0284. The van der Waals surface area contributed by atoms with Crippen LogP contribution in [0, 0.1) is 0 Å². The van der Waals surface area contributed by atoms with Crippen molar-refractivity contribution in [1.82, 2.24) is 29.5 Å². The quantitative estimate of drug-likeness (QED) is 0.650. The fourth-order valence-corrected chi connectivity index (χ4v) is 3.50. The van der Waals surface area contributed by atoms with Crippen LogP contribution >= 0.6 is 0 Å². The van der Waals surface area contributed by atoms with Gasteiger partial charge in [-0.15, -0.1) is 10.2 Å². The zero-order valence-electron chi connectivity index (χ0n) is 17.4. The van der Waals surface area contributed by atoms with Crippen LogP contribution in [0.1, 0.15) is 45.1 Å². The zero-order valence-corrected chi connectivity index (χ0v) is 17.4. The maximum absolute atomic E-state index is 12.3. The first-order valence-electron chi connectivity index (χ1n) is 9.78. The van der Waals surface area contributed by atoms with E-state index in [9.17, 15) is 4.79 Å². The molecule has 0 fully saturated rings. The van der Waals surface area contributed by atoms with E-state index in [4.69, 9.17) is 0 Å². The third kappa shape index (κ3) is 4.59. The highest BCUT2D eigenvalue weighted by Crippen LogP contribution is 2.23. The van der Waals surface area contributed by atoms with Crippen LogP contribution in [0.4, 0.5) is 0 Å². The molecule has 0 bridgehead atoms. The van der Waals surface area contributed by atoms with Crippen molar-refractivity contribution in [2.75, 3.05) is 7.05 Å². The maximum atomic E-state index is 12.3. The Morgan fingerprint density at radius 1 is 1.18 bits per heavy atom. The van der Waals surface area contributed by atoms with Gasteiger partial charge in [0.15, 0.2) is 0 Å². The van der Waals surface area contributed by atoms with Crippen LogP contribution in [-0.2, 0) is 24.4 Å². The lowest BCUT2D eigenvalue weighted by molar-refractivity contribution is -0.122. The standard InChI is InChI=1S/C21H30N6O/c1-15(2)23-21(28)13-26-11-17(18-8-6-7-9-19(18)26)10-25(5)12-20-24-22-14-27(20)16(3)4/h6-9,11,14-16H,10,12-13H2,1-5H3,(H,23,28). The molecular formula is C21H30N6O. The predicted octanol–water partition coefficient (Wildman–Crippen LogP) is 2.97. The van der Waals surface area contributed by atoms with Gasteiger partial charge < -0.3 is 14.5 Å². The first-order valence-corrected chi connectivity index (χ1v) is 9.78. The van der Waals surface area contributed by atoms with Crippen molar-refractivity contribution in [3.8, 4) is 0 Å². The molecule has 1 aromatic carbocycles. The molecule has 2 aromatic heterocycles. The van der Waals surface area contributed by atoms with Crippen LogP contribution in [0.25, 0.3) is 10.9 Å². The van der Waals surface area contributed by atoms with Crippen LogP contribution in [0.15, 0.2) is 36.8 Å². The number of benzene rings is 1. The molecule has 7 heteroatoms. The van der Waals surface area contributed by atoms with E-state index in [1.54, 1.807) is 6.33 Å². The molecule has 3 rings (SSSR count). The van der Waals surface area contributed by atoms with Crippen molar-refractivity contribution in [3.05, 3.63) is 48.2 Å². The number of carbonyl (C=O) groups excluding carboxylic acids is 1. The highest BCUT2D eigenvalue weighted by molar-refractivity contribution is 5.86. The molecule has 0 saturated carbocycles. The van der Waals surface area contributed by atoms with Crippen molar-refractivity contribution in [2.45, 2.75) is 59.4 Å². The van der Waals surface area contributed by atoms with E-state index in [-0.39, 0.29) is 11.9 Å². The first kappa shape index (κ1) is 20.1. The molecule has 0 aliphatic carbocycles. The Kier molecular flexibility index (Phi) is 6.14. The third-order valence-electron chi connectivity index (χ3n) is 4.69. The monoisotopic (exact) mass is 382 g/mol. The molecule has 7 nitrogen and oxygen atoms in total. The average Bonchev–Trinajstić information content (AvgIpc) is 3.20. The van der Waals surface area contributed by atoms with E-state index in [1.807, 2.05) is 30.5 Å². The van der Waals surface area contributed by atoms with Crippen molar-refractivity contribution >= 4 is 16.8 Å². The summed E-state index contributed by atoms with van der Waals surface area (Å²) < 4.78 is 4.13.